The fraction of sp³-hybridized carbons (Fsp3) is 0.424. The molecule has 41 heavy (non-hydrogen) atoms. The van der Waals surface area contributed by atoms with Crippen LogP contribution in [-0.2, 0) is 14.4 Å². The highest BCUT2D eigenvalue weighted by Gasteiger charge is 2.46. The summed E-state index contributed by atoms with van der Waals surface area (Å²) < 4.78 is 12.5. The molecular formula is C33H37BrN2O5. The van der Waals surface area contributed by atoms with Crippen molar-refractivity contribution in [1.82, 2.24) is 5.32 Å². The van der Waals surface area contributed by atoms with E-state index in [1.54, 1.807) is 12.1 Å². The maximum atomic E-state index is 13.7. The zero-order valence-electron chi connectivity index (χ0n) is 24.3. The van der Waals surface area contributed by atoms with Crippen LogP contribution in [0.3, 0.4) is 0 Å². The Morgan fingerprint density at radius 3 is 2.07 bits per heavy atom. The Balaban J connectivity index is 1.53. The molecule has 0 spiro atoms. The smallest absolute Gasteiger partial charge is 0.262 e. The Labute approximate surface area is 249 Å². The van der Waals surface area contributed by atoms with Gasteiger partial charge in [0.15, 0.2) is 29.7 Å². The van der Waals surface area contributed by atoms with E-state index in [-0.39, 0.29) is 34.9 Å². The molecular weight excluding hydrogens is 584 g/mol. The first kappa shape index (κ1) is 29.1. The Hall–Kier alpha value is -3.39. The van der Waals surface area contributed by atoms with Gasteiger partial charge in [0.25, 0.3) is 5.91 Å². The van der Waals surface area contributed by atoms with E-state index < -0.39 is 5.92 Å². The third-order valence-electron chi connectivity index (χ3n) is 7.79. The van der Waals surface area contributed by atoms with E-state index in [9.17, 15) is 14.4 Å². The second-order valence-corrected chi connectivity index (χ2v) is 13.5. The van der Waals surface area contributed by atoms with E-state index >= 15 is 0 Å². The van der Waals surface area contributed by atoms with Gasteiger partial charge in [-0.15, -0.1) is 0 Å². The molecule has 1 amide bonds. The summed E-state index contributed by atoms with van der Waals surface area (Å²) in [5.74, 6) is 0.153. The SMILES string of the molecule is CCOc1cc(C2C3=C(CC(C)(C)CC3=O)NC3=C2C(=O)CC(C)(C)C3)cc(Br)c1OCC(=O)Nc1ccccc1. The van der Waals surface area contributed by atoms with Gasteiger partial charge in [-0.25, -0.2) is 0 Å². The summed E-state index contributed by atoms with van der Waals surface area (Å²) in [6.07, 6.45) is 2.30. The number of ether oxygens (including phenoxy) is 2. The predicted octanol–water partition coefficient (Wildman–Crippen LogP) is 6.84. The number of amides is 1. The highest BCUT2D eigenvalue weighted by atomic mass is 79.9. The molecule has 0 saturated carbocycles. The van der Waals surface area contributed by atoms with Gasteiger partial charge >= 0.3 is 0 Å². The van der Waals surface area contributed by atoms with Crippen molar-refractivity contribution in [2.24, 2.45) is 10.8 Å². The van der Waals surface area contributed by atoms with Crippen molar-refractivity contribution < 1.29 is 23.9 Å². The van der Waals surface area contributed by atoms with Crippen LogP contribution in [0.5, 0.6) is 11.5 Å². The van der Waals surface area contributed by atoms with Gasteiger partial charge in [0.05, 0.1) is 11.1 Å². The topological polar surface area (TPSA) is 93.7 Å². The molecule has 0 bridgehead atoms. The molecule has 216 valence electrons. The molecule has 2 N–H and O–H groups in total. The van der Waals surface area contributed by atoms with Gasteiger partial charge in [-0.1, -0.05) is 45.9 Å². The van der Waals surface area contributed by atoms with Gasteiger partial charge < -0.3 is 20.1 Å². The number of benzene rings is 2. The lowest BCUT2D eigenvalue weighted by atomic mass is 9.64. The van der Waals surface area contributed by atoms with Crippen molar-refractivity contribution in [3.8, 4) is 11.5 Å². The van der Waals surface area contributed by atoms with Crippen LogP contribution in [0.2, 0.25) is 0 Å². The van der Waals surface area contributed by atoms with Crippen LogP contribution in [0.25, 0.3) is 0 Å². The molecule has 1 heterocycles. The Morgan fingerprint density at radius 2 is 1.51 bits per heavy atom. The highest BCUT2D eigenvalue weighted by molar-refractivity contribution is 9.10. The second-order valence-electron chi connectivity index (χ2n) is 12.7. The number of hydrogen-bond donors (Lipinski definition) is 2. The van der Waals surface area contributed by atoms with Crippen LogP contribution in [0, 0.1) is 10.8 Å². The number of ketones is 2. The second kappa shape index (κ2) is 11.1. The first-order valence-electron chi connectivity index (χ1n) is 14.1. The number of para-hydroxylation sites is 1. The van der Waals surface area contributed by atoms with Gasteiger partial charge in [0.1, 0.15) is 0 Å². The first-order chi connectivity index (χ1) is 19.4. The third kappa shape index (κ3) is 6.13. The van der Waals surface area contributed by atoms with Gasteiger partial charge in [-0.05, 0) is 76.4 Å². The lowest BCUT2D eigenvalue weighted by Crippen LogP contribution is -2.42. The van der Waals surface area contributed by atoms with Crippen LogP contribution >= 0.6 is 15.9 Å². The monoisotopic (exact) mass is 620 g/mol. The molecule has 2 aliphatic carbocycles. The van der Waals surface area contributed by atoms with E-state index in [1.165, 1.54) is 0 Å². The van der Waals surface area contributed by atoms with Crippen LogP contribution in [-0.4, -0.2) is 30.7 Å². The average molecular weight is 622 g/mol. The van der Waals surface area contributed by atoms with Gasteiger partial charge in [0.2, 0.25) is 0 Å². The lowest BCUT2D eigenvalue weighted by molar-refractivity contribution is -0.119. The molecule has 3 aliphatic rings. The highest BCUT2D eigenvalue weighted by Crippen LogP contribution is 2.52. The number of allylic oxidation sites excluding steroid dienone is 4. The summed E-state index contributed by atoms with van der Waals surface area (Å²) in [6.45, 7) is 10.5. The quantitative estimate of drug-likeness (QED) is 0.352. The molecule has 7 nitrogen and oxygen atoms in total. The van der Waals surface area contributed by atoms with Crippen LogP contribution in [0.4, 0.5) is 5.69 Å². The summed E-state index contributed by atoms with van der Waals surface area (Å²) in [5.41, 5.74) is 4.27. The molecule has 0 unspecified atom stereocenters. The Morgan fingerprint density at radius 1 is 0.927 bits per heavy atom. The minimum absolute atomic E-state index is 0.0601. The maximum absolute atomic E-state index is 13.7. The number of anilines is 1. The van der Waals surface area contributed by atoms with Gasteiger partial charge in [0, 0.05) is 47.0 Å². The molecule has 0 atom stereocenters. The molecule has 1 aliphatic heterocycles. The van der Waals surface area contributed by atoms with Crippen LogP contribution in [0.15, 0.2) is 69.5 Å². The number of Topliss-reactive ketones (excluding diaryl/α,β-unsaturated/α-hetero) is 2. The van der Waals surface area contributed by atoms with E-state index in [0.717, 1.165) is 29.8 Å². The summed E-state index contributed by atoms with van der Waals surface area (Å²) in [7, 11) is 0. The van der Waals surface area contributed by atoms with E-state index in [2.05, 4.69) is 54.3 Å². The molecule has 5 rings (SSSR count). The third-order valence-corrected chi connectivity index (χ3v) is 8.38. The van der Waals surface area contributed by atoms with Crippen molar-refractivity contribution in [2.75, 3.05) is 18.5 Å². The minimum atomic E-state index is -0.501. The Kier molecular flexibility index (Phi) is 7.90. The fourth-order valence-electron chi connectivity index (χ4n) is 6.24. The normalized spacial score (nSPS) is 19.8. The number of carbonyl (C=O) groups excluding carboxylic acids is 3. The van der Waals surface area contributed by atoms with Crippen LogP contribution in [0.1, 0.15) is 71.8 Å². The van der Waals surface area contributed by atoms with Gasteiger partial charge in [-0.2, -0.15) is 0 Å². The largest absolute Gasteiger partial charge is 0.490 e. The summed E-state index contributed by atoms with van der Waals surface area (Å²) >= 11 is 3.64. The summed E-state index contributed by atoms with van der Waals surface area (Å²) in [4.78, 5) is 40.0. The molecule has 8 heteroatoms. The fourth-order valence-corrected chi connectivity index (χ4v) is 6.81. The first-order valence-corrected chi connectivity index (χ1v) is 14.9. The summed E-state index contributed by atoms with van der Waals surface area (Å²) in [6, 6.07) is 12.9. The van der Waals surface area contributed by atoms with Crippen LogP contribution < -0.4 is 20.1 Å². The molecule has 0 fully saturated rings. The van der Waals surface area contributed by atoms with Crippen molar-refractivity contribution in [2.45, 2.75) is 66.2 Å². The molecule has 0 aromatic heterocycles. The molecule has 2 aromatic rings. The molecule has 0 saturated heterocycles. The van der Waals surface area contributed by atoms with Crippen molar-refractivity contribution in [3.63, 3.8) is 0 Å². The summed E-state index contributed by atoms with van der Waals surface area (Å²) in [5, 5.41) is 6.37. The van der Waals surface area contributed by atoms with Crippen molar-refractivity contribution in [3.05, 3.63) is 75.0 Å². The zero-order chi connectivity index (χ0) is 29.5. The number of nitrogens with one attached hydrogen (secondary N) is 2. The zero-order valence-corrected chi connectivity index (χ0v) is 25.9. The van der Waals surface area contributed by atoms with E-state index in [4.69, 9.17) is 9.47 Å². The standard InChI is InChI=1S/C33H37BrN2O5/c1-6-40-26-13-19(12-21(34)31(26)41-18-27(39)35-20-10-8-7-9-11-20)28-29-22(14-32(2,3)16-24(29)37)36-23-15-33(4,5)17-25(38)30(23)28/h7-13,28,36H,6,14-18H2,1-5H3,(H,35,39). The maximum Gasteiger partial charge on any atom is 0.262 e. The Bertz CT molecular complexity index is 1420. The molecule has 2 aromatic carbocycles. The minimum Gasteiger partial charge on any atom is -0.490 e. The number of rotatable bonds is 7. The number of carbonyl (C=O) groups is 3. The van der Waals surface area contributed by atoms with E-state index in [1.807, 2.05) is 37.3 Å². The lowest BCUT2D eigenvalue weighted by Gasteiger charge is -2.44. The van der Waals surface area contributed by atoms with E-state index in [0.29, 0.717) is 52.3 Å². The van der Waals surface area contributed by atoms with Gasteiger partial charge in [-0.3, -0.25) is 14.4 Å². The number of dihydropyridines is 1. The van der Waals surface area contributed by atoms with Crippen molar-refractivity contribution >= 4 is 39.1 Å². The average Bonchev–Trinajstić information content (AvgIpc) is 2.86. The number of halogens is 1. The predicted molar refractivity (Wildman–Crippen MR) is 162 cm³/mol. The number of hydrogen-bond acceptors (Lipinski definition) is 6. The molecule has 0 radical (unpaired) electrons. The van der Waals surface area contributed by atoms with Crippen molar-refractivity contribution in [1.29, 1.82) is 0 Å².